The highest BCUT2D eigenvalue weighted by Crippen LogP contribution is 2.11. The second kappa shape index (κ2) is 6.98. The van der Waals surface area contributed by atoms with Gasteiger partial charge < -0.3 is 15.8 Å². The van der Waals surface area contributed by atoms with Crippen LogP contribution in [-0.2, 0) is 4.79 Å². The summed E-state index contributed by atoms with van der Waals surface area (Å²) in [7, 11) is 0. The van der Waals surface area contributed by atoms with Gasteiger partial charge in [-0.05, 0) is 31.5 Å². The van der Waals surface area contributed by atoms with Crippen LogP contribution < -0.4 is 11.1 Å². The highest BCUT2D eigenvalue weighted by Gasteiger charge is 2.15. The van der Waals surface area contributed by atoms with Crippen molar-refractivity contribution in [3.8, 4) is 0 Å². The summed E-state index contributed by atoms with van der Waals surface area (Å²) in [5, 5.41) is 2.69. The molecule has 3 N–H and O–H groups in total. The Bertz CT molecular complexity index is 398. The average Bonchev–Trinajstić information content (AvgIpc) is 2.34. The van der Waals surface area contributed by atoms with Crippen LogP contribution >= 0.6 is 11.6 Å². The first-order chi connectivity index (χ1) is 8.19. The summed E-state index contributed by atoms with van der Waals surface area (Å²) in [5.41, 5.74) is 5.60. The maximum absolute atomic E-state index is 11.8. The minimum atomic E-state index is -0.540. The summed E-state index contributed by atoms with van der Waals surface area (Å²) in [6.07, 6.45) is 3.37. The Morgan fingerprint density at radius 1 is 1.65 bits per heavy atom. The van der Waals surface area contributed by atoms with Crippen molar-refractivity contribution in [3.05, 3.63) is 29.0 Å². The summed E-state index contributed by atoms with van der Waals surface area (Å²) in [4.78, 5) is 26.3. The minimum absolute atomic E-state index is 0.119. The molecule has 92 valence electrons. The van der Waals surface area contributed by atoms with Crippen molar-refractivity contribution in [1.29, 1.82) is 0 Å². The van der Waals surface area contributed by atoms with E-state index in [0.717, 1.165) is 0 Å². The number of hydrogen-bond donors (Lipinski definition) is 2. The van der Waals surface area contributed by atoms with Crippen LogP contribution in [0.4, 0.5) is 0 Å². The molecule has 0 spiro atoms. The number of pyridine rings is 1. The SMILES string of the molecule is NCCC[C@H](C=O)NC(=O)c1cccnc1Cl. The Morgan fingerprint density at radius 3 is 3.00 bits per heavy atom. The molecule has 1 aromatic rings. The van der Waals surface area contributed by atoms with Gasteiger partial charge in [-0.3, -0.25) is 4.79 Å². The van der Waals surface area contributed by atoms with Crippen molar-refractivity contribution < 1.29 is 9.59 Å². The van der Waals surface area contributed by atoms with Gasteiger partial charge in [-0.15, -0.1) is 0 Å². The number of carbonyl (C=O) groups is 2. The number of carbonyl (C=O) groups excluding carboxylic acids is 2. The molecule has 1 rings (SSSR count). The van der Waals surface area contributed by atoms with Crippen molar-refractivity contribution in [1.82, 2.24) is 10.3 Å². The third kappa shape index (κ3) is 4.13. The number of aldehydes is 1. The van der Waals surface area contributed by atoms with E-state index >= 15 is 0 Å². The van der Waals surface area contributed by atoms with Gasteiger partial charge in [-0.1, -0.05) is 11.6 Å². The molecular weight excluding hydrogens is 242 g/mol. The summed E-state index contributed by atoms with van der Waals surface area (Å²) in [5.74, 6) is -0.405. The predicted molar refractivity (Wildman–Crippen MR) is 64.9 cm³/mol. The van der Waals surface area contributed by atoms with Gasteiger partial charge in [0.05, 0.1) is 11.6 Å². The third-order valence-electron chi connectivity index (χ3n) is 2.20. The molecule has 0 saturated heterocycles. The Labute approximate surface area is 104 Å². The van der Waals surface area contributed by atoms with Crippen molar-refractivity contribution in [2.24, 2.45) is 5.73 Å². The molecular formula is C11H14ClN3O2. The molecule has 1 atom stereocenters. The Kier molecular flexibility index (Phi) is 5.59. The van der Waals surface area contributed by atoms with Gasteiger partial charge in [0.2, 0.25) is 0 Å². The third-order valence-corrected chi connectivity index (χ3v) is 2.50. The Hall–Kier alpha value is -1.46. The van der Waals surface area contributed by atoms with Crippen LogP contribution in [0.5, 0.6) is 0 Å². The maximum atomic E-state index is 11.8. The number of hydrogen-bond acceptors (Lipinski definition) is 4. The lowest BCUT2D eigenvalue weighted by atomic mass is 10.1. The first-order valence-corrected chi connectivity index (χ1v) is 5.63. The summed E-state index contributed by atoms with van der Waals surface area (Å²) in [6.45, 7) is 0.480. The number of nitrogens with zero attached hydrogens (tertiary/aromatic N) is 1. The molecule has 1 heterocycles. The quantitative estimate of drug-likeness (QED) is 0.581. The summed E-state index contributed by atoms with van der Waals surface area (Å²) >= 11 is 5.77. The zero-order chi connectivity index (χ0) is 12.7. The molecule has 6 heteroatoms. The molecule has 0 saturated carbocycles. The molecule has 0 radical (unpaired) electrons. The molecule has 0 fully saturated rings. The van der Waals surface area contributed by atoms with Gasteiger partial charge in [-0.2, -0.15) is 0 Å². The number of aromatic nitrogens is 1. The molecule has 1 amide bonds. The zero-order valence-electron chi connectivity index (χ0n) is 9.23. The Balaban J connectivity index is 2.64. The second-order valence-corrected chi connectivity index (χ2v) is 3.85. The lowest BCUT2D eigenvalue weighted by Gasteiger charge is -2.12. The van der Waals surface area contributed by atoms with E-state index in [2.05, 4.69) is 10.3 Å². The van der Waals surface area contributed by atoms with Gasteiger partial charge in [0.25, 0.3) is 5.91 Å². The van der Waals surface area contributed by atoms with Gasteiger partial charge in [-0.25, -0.2) is 4.98 Å². The molecule has 0 bridgehead atoms. The lowest BCUT2D eigenvalue weighted by molar-refractivity contribution is -0.109. The van der Waals surface area contributed by atoms with Crippen LogP contribution in [-0.4, -0.2) is 29.8 Å². The van der Waals surface area contributed by atoms with Crippen LogP contribution in [0.1, 0.15) is 23.2 Å². The van der Waals surface area contributed by atoms with Crippen LogP contribution in [0.3, 0.4) is 0 Å². The van der Waals surface area contributed by atoms with E-state index < -0.39 is 11.9 Å². The van der Waals surface area contributed by atoms with Crippen molar-refractivity contribution in [3.63, 3.8) is 0 Å². The minimum Gasteiger partial charge on any atom is -0.342 e. The molecule has 0 aliphatic rings. The normalized spacial score (nSPS) is 11.9. The van der Waals surface area contributed by atoms with Gasteiger partial charge in [0.1, 0.15) is 11.4 Å². The lowest BCUT2D eigenvalue weighted by Crippen LogP contribution is -2.36. The maximum Gasteiger partial charge on any atom is 0.254 e. The van der Waals surface area contributed by atoms with Gasteiger partial charge >= 0.3 is 0 Å². The van der Waals surface area contributed by atoms with Crippen LogP contribution in [0.2, 0.25) is 5.15 Å². The fraction of sp³-hybridized carbons (Fsp3) is 0.364. The van der Waals surface area contributed by atoms with E-state index in [1.165, 1.54) is 6.20 Å². The highest BCUT2D eigenvalue weighted by atomic mass is 35.5. The highest BCUT2D eigenvalue weighted by molar-refractivity contribution is 6.32. The second-order valence-electron chi connectivity index (χ2n) is 3.49. The predicted octanol–water partition coefficient (Wildman–Crippen LogP) is 0.771. The monoisotopic (exact) mass is 255 g/mol. The molecule has 0 unspecified atom stereocenters. The number of rotatable bonds is 6. The van der Waals surface area contributed by atoms with E-state index in [1.54, 1.807) is 12.1 Å². The van der Waals surface area contributed by atoms with Gasteiger partial charge in [0, 0.05) is 6.20 Å². The first-order valence-electron chi connectivity index (χ1n) is 5.25. The molecule has 17 heavy (non-hydrogen) atoms. The standard InChI is InChI=1S/C11H14ClN3O2/c12-10-9(4-2-6-14-10)11(17)15-8(7-16)3-1-5-13/h2,4,6-8H,1,3,5,13H2,(H,15,17)/t8-/m1/s1. The van der Waals surface area contributed by atoms with E-state index in [0.29, 0.717) is 25.7 Å². The number of nitrogens with one attached hydrogen (secondary N) is 1. The number of halogens is 1. The molecule has 0 aromatic carbocycles. The van der Waals surface area contributed by atoms with Crippen molar-refractivity contribution >= 4 is 23.8 Å². The van der Waals surface area contributed by atoms with E-state index in [-0.39, 0.29) is 10.7 Å². The molecule has 1 aromatic heterocycles. The Morgan fingerprint density at radius 2 is 2.41 bits per heavy atom. The zero-order valence-corrected chi connectivity index (χ0v) is 9.98. The molecule has 5 nitrogen and oxygen atoms in total. The fourth-order valence-electron chi connectivity index (χ4n) is 1.31. The van der Waals surface area contributed by atoms with Crippen LogP contribution in [0.15, 0.2) is 18.3 Å². The molecule has 0 aliphatic heterocycles. The smallest absolute Gasteiger partial charge is 0.254 e. The van der Waals surface area contributed by atoms with E-state index in [1.807, 2.05) is 0 Å². The molecule has 0 aliphatic carbocycles. The fourth-order valence-corrected chi connectivity index (χ4v) is 1.52. The van der Waals surface area contributed by atoms with Crippen LogP contribution in [0.25, 0.3) is 0 Å². The summed E-state index contributed by atoms with van der Waals surface area (Å²) < 4.78 is 0. The topological polar surface area (TPSA) is 85.1 Å². The number of nitrogens with two attached hydrogens (primary N) is 1. The average molecular weight is 256 g/mol. The van der Waals surface area contributed by atoms with Gasteiger partial charge in [0.15, 0.2) is 0 Å². The van der Waals surface area contributed by atoms with Crippen LogP contribution in [0, 0.1) is 0 Å². The van der Waals surface area contributed by atoms with E-state index in [4.69, 9.17) is 17.3 Å². The van der Waals surface area contributed by atoms with Crippen molar-refractivity contribution in [2.75, 3.05) is 6.54 Å². The summed E-state index contributed by atoms with van der Waals surface area (Å²) in [6, 6.07) is 2.62. The largest absolute Gasteiger partial charge is 0.342 e. The van der Waals surface area contributed by atoms with E-state index in [9.17, 15) is 9.59 Å². The first kappa shape index (κ1) is 13.6. The van der Waals surface area contributed by atoms with Crippen molar-refractivity contribution in [2.45, 2.75) is 18.9 Å². The number of amides is 1.